The first-order chi connectivity index (χ1) is 4.87. The molecule has 8 heteroatoms. The van der Waals surface area contributed by atoms with Crippen LogP contribution in [0.25, 0.3) is 0 Å². The van der Waals surface area contributed by atoms with Crippen molar-refractivity contribution in [3.8, 4) is 0 Å². The minimum atomic E-state index is -4.56. The number of methoxy groups -OCH3 is 1. The molecule has 0 saturated heterocycles. The van der Waals surface area contributed by atoms with Crippen LogP contribution in [0.1, 0.15) is 0 Å². The fourth-order valence-electron chi connectivity index (χ4n) is 0.200. The van der Waals surface area contributed by atoms with E-state index in [0.29, 0.717) is 0 Å². The fraction of sp³-hybridized carbons (Fsp3) is 0.333. The molecule has 0 aliphatic rings. The topological polar surface area (TPSA) is 52.6 Å². The molecule has 0 amide bonds. The second-order valence-corrected chi connectivity index (χ2v) is 3.31. The summed E-state index contributed by atoms with van der Waals surface area (Å²) in [5.74, 6) is 0. The van der Waals surface area contributed by atoms with Gasteiger partial charge in [0.2, 0.25) is 0 Å². The maximum absolute atomic E-state index is 12.0. The van der Waals surface area contributed by atoms with Gasteiger partial charge in [-0.1, -0.05) is 0 Å². The van der Waals surface area contributed by atoms with Crippen LogP contribution >= 0.6 is 10.7 Å². The third kappa shape index (κ3) is 4.79. The predicted molar refractivity (Wildman–Crippen MR) is 32.1 cm³/mol. The summed E-state index contributed by atoms with van der Waals surface area (Å²) in [6.45, 7) is 0. The lowest BCUT2D eigenvalue weighted by Crippen LogP contribution is -1.96. The molecule has 0 aromatic heterocycles. The SMILES string of the molecule is CO/C(F)=C(/F)OS(=O)(=O)Cl. The Morgan fingerprint density at radius 2 is 1.82 bits per heavy atom. The molecule has 0 N–H and O–H groups in total. The average molecular weight is 209 g/mol. The summed E-state index contributed by atoms with van der Waals surface area (Å²) in [5.41, 5.74) is 0. The zero-order valence-electron chi connectivity index (χ0n) is 5.18. The molecule has 0 rings (SSSR count). The summed E-state index contributed by atoms with van der Waals surface area (Å²) in [6, 6.07) is -3.84. The molecule has 0 spiro atoms. The van der Waals surface area contributed by atoms with Crippen molar-refractivity contribution < 1.29 is 26.1 Å². The Balaban J connectivity index is 4.42. The third-order valence-corrected chi connectivity index (χ3v) is 1.04. The van der Waals surface area contributed by atoms with Gasteiger partial charge >= 0.3 is 21.4 Å². The van der Waals surface area contributed by atoms with E-state index in [1.54, 1.807) is 0 Å². The van der Waals surface area contributed by atoms with E-state index in [1.165, 1.54) is 0 Å². The van der Waals surface area contributed by atoms with E-state index >= 15 is 0 Å². The monoisotopic (exact) mass is 208 g/mol. The lowest BCUT2D eigenvalue weighted by Gasteiger charge is -1.97. The summed E-state index contributed by atoms with van der Waals surface area (Å²) in [4.78, 5) is 0. The molecule has 0 fully saturated rings. The Bertz CT molecular complexity index is 259. The second-order valence-electron chi connectivity index (χ2n) is 1.23. The Morgan fingerprint density at radius 3 is 2.09 bits per heavy atom. The molecule has 4 nitrogen and oxygen atoms in total. The zero-order valence-corrected chi connectivity index (χ0v) is 6.75. The number of hydrogen-bond acceptors (Lipinski definition) is 4. The van der Waals surface area contributed by atoms with Crippen LogP contribution in [0.5, 0.6) is 0 Å². The summed E-state index contributed by atoms with van der Waals surface area (Å²) < 4.78 is 50.6. The molecule has 0 heterocycles. The first kappa shape index (κ1) is 10.4. The first-order valence-corrected chi connectivity index (χ1v) is 4.33. The van der Waals surface area contributed by atoms with Gasteiger partial charge in [0, 0.05) is 0 Å². The third-order valence-electron chi connectivity index (χ3n) is 0.506. The Labute approximate surface area is 66.0 Å². The highest BCUT2D eigenvalue weighted by Crippen LogP contribution is 2.14. The molecule has 0 bridgehead atoms. The fourth-order valence-corrected chi connectivity index (χ4v) is 0.607. The average Bonchev–Trinajstić information content (AvgIpc) is 1.82. The lowest BCUT2D eigenvalue weighted by atomic mass is 11.0. The number of hydrogen-bond donors (Lipinski definition) is 0. The minimum Gasteiger partial charge on any atom is -0.470 e. The van der Waals surface area contributed by atoms with Gasteiger partial charge in [-0.15, -0.1) is 0 Å². The van der Waals surface area contributed by atoms with Gasteiger partial charge in [-0.2, -0.15) is 17.2 Å². The zero-order chi connectivity index (χ0) is 9.07. The normalized spacial score (nSPS) is 13.8. The highest BCUT2D eigenvalue weighted by atomic mass is 35.7. The Morgan fingerprint density at radius 1 is 1.36 bits per heavy atom. The van der Waals surface area contributed by atoms with Crippen LogP contribution in [0.15, 0.2) is 12.0 Å². The lowest BCUT2D eigenvalue weighted by molar-refractivity contribution is 0.150. The van der Waals surface area contributed by atoms with Crippen molar-refractivity contribution in [1.82, 2.24) is 0 Å². The molecule has 0 radical (unpaired) electrons. The van der Waals surface area contributed by atoms with E-state index < -0.39 is 21.4 Å². The molecule has 0 aliphatic heterocycles. The van der Waals surface area contributed by atoms with Crippen molar-refractivity contribution >= 4 is 20.0 Å². The van der Waals surface area contributed by atoms with Crippen LogP contribution in [-0.2, 0) is 18.3 Å². The molecule has 0 aromatic carbocycles. The quantitative estimate of drug-likeness (QED) is 0.517. The van der Waals surface area contributed by atoms with Crippen molar-refractivity contribution in [2.75, 3.05) is 7.11 Å². The van der Waals surface area contributed by atoms with Crippen molar-refractivity contribution in [2.24, 2.45) is 0 Å². The summed E-state index contributed by atoms with van der Waals surface area (Å²) in [7, 11) is 0.614. The van der Waals surface area contributed by atoms with Crippen molar-refractivity contribution in [1.29, 1.82) is 0 Å². The van der Waals surface area contributed by atoms with Crippen LogP contribution in [-0.4, -0.2) is 15.5 Å². The molecular formula is C3H3ClF2O4S. The molecular weight excluding hydrogens is 206 g/mol. The van der Waals surface area contributed by atoms with Gasteiger partial charge in [0.1, 0.15) is 0 Å². The van der Waals surface area contributed by atoms with E-state index in [9.17, 15) is 17.2 Å². The number of halogens is 3. The Hall–Kier alpha value is -0.560. The Kier molecular flexibility index (Phi) is 3.53. The highest BCUT2D eigenvalue weighted by molar-refractivity contribution is 8.10. The van der Waals surface area contributed by atoms with Crippen LogP contribution in [0.3, 0.4) is 0 Å². The maximum atomic E-state index is 12.0. The van der Waals surface area contributed by atoms with Crippen LogP contribution in [0.2, 0.25) is 0 Å². The van der Waals surface area contributed by atoms with Crippen LogP contribution < -0.4 is 0 Å². The summed E-state index contributed by atoms with van der Waals surface area (Å²) in [5, 5.41) is 0. The van der Waals surface area contributed by atoms with Gasteiger partial charge in [0.15, 0.2) is 0 Å². The molecule has 11 heavy (non-hydrogen) atoms. The standard InChI is InChI=1S/C3H3ClF2O4S/c1-9-2(5)3(6)10-11(4,7)8/h1H3/b3-2-. The number of rotatable bonds is 3. The van der Waals surface area contributed by atoms with Gasteiger partial charge in [-0.25, -0.2) is 0 Å². The summed E-state index contributed by atoms with van der Waals surface area (Å²) in [6.07, 6.45) is 0. The summed E-state index contributed by atoms with van der Waals surface area (Å²) >= 11 is 0. The van der Waals surface area contributed by atoms with Gasteiger partial charge in [0.05, 0.1) is 17.8 Å². The van der Waals surface area contributed by atoms with Crippen LogP contribution in [0, 0.1) is 0 Å². The molecule has 0 atom stereocenters. The molecule has 66 valence electrons. The van der Waals surface area contributed by atoms with Crippen molar-refractivity contribution in [2.45, 2.75) is 0 Å². The highest BCUT2D eigenvalue weighted by Gasteiger charge is 2.15. The van der Waals surface area contributed by atoms with E-state index in [4.69, 9.17) is 0 Å². The maximum Gasteiger partial charge on any atom is 0.403 e. The molecule has 0 aliphatic carbocycles. The van der Waals surface area contributed by atoms with Gasteiger partial charge in [-0.3, -0.25) is 0 Å². The van der Waals surface area contributed by atoms with Crippen molar-refractivity contribution in [3.63, 3.8) is 0 Å². The molecule has 0 saturated carbocycles. The smallest absolute Gasteiger partial charge is 0.403 e. The molecule has 0 unspecified atom stereocenters. The van der Waals surface area contributed by atoms with Gasteiger partial charge in [0.25, 0.3) is 0 Å². The largest absolute Gasteiger partial charge is 0.470 e. The van der Waals surface area contributed by atoms with E-state index in [2.05, 4.69) is 19.6 Å². The van der Waals surface area contributed by atoms with Gasteiger partial charge < -0.3 is 8.92 Å². The predicted octanol–water partition coefficient (Wildman–Crippen LogP) is 1.20. The van der Waals surface area contributed by atoms with E-state index in [1.807, 2.05) is 0 Å². The van der Waals surface area contributed by atoms with Crippen LogP contribution in [0.4, 0.5) is 8.78 Å². The minimum absolute atomic E-state index is 0.791. The van der Waals surface area contributed by atoms with Crippen molar-refractivity contribution in [3.05, 3.63) is 12.0 Å². The number of ether oxygens (including phenoxy) is 1. The van der Waals surface area contributed by atoms with E-state index in [-0.39, 0.29) is 0 Å². The first-order valence-electron chi connectivity index (χ1n) is 2.10. The second kappa shape index (κ2) is 3.72. The van der Waals surface area contributed by atoms with Gasteiger partial charge in [-0.05, 0) is 0 Å². The van der Waals surface area contributed by atoms with E-state index in [0.717, 1.165) is 7.11 Å². The molecule has 0 aromatic rings.